The van der Waals surface area contributed by atoms with E-state index in [1.165, 1.54) is 10.4 Å². The lowest BCUT2D eigenvalue weighted by atomic mass is 10.1. The number of hydrogen-bond donors (Lipinski definition) is 0. The largest absolute Gasteiger partial charge is 0.256 e. The first-order valence-electron chi connectivity index (χ1n) is 5.65. The SMILES string of the molecule is C/C=C\C(=C/C)c1cc(=C/C)/c(=C\C)cn1. The highest BCUT2D eigenvalue weighted by molar-refractivity contribution is 5.71. The molecule has 1 nitrogen and oxygen atoms in total. The maximum atomic E-state index is 4.48. The van der Waals surface area contributed by atoms with Crippen LogP contribution in [0.4, 0.5) is 0 Å². The summed E-state index contributed by atoms with van der Waals surface area (Å²) in [4.78, 5) is 4.48. The Bertz CT molecular complexity index is 519. The van der Waals surface area contributed by atoms with Crippen molar-refractivity contribution in [3.8, 4) is 0 Å². The van der Waals surface area contributed by atoms with E-state index in [2.05, 4.69) is 42.3 Å². The lowest BCUT2D eigenvalue weighted by Gasteiger charge is -2.01. The van der Waals surface area contributed by atoms with Crippen LogP contribution in [0.3, 0.4) is 0 Å². The van der Waals surface area contributed by atoms with Crippen LogP contribution in [0.2, 0.25) is 0 Å². The van der Waals surface area contributed by atoms with Gasteiger partial charge in [-0.2, -0.15) is 0 Å². The average molecular weight is 213 g/mol. The average Bonchev–Trinajstić information content (AvgIpc) is 2.35. The monoisotopic (exact) mass is 213 g/mol. The van der Waals surface area contributed by atoms with Crippen LogP contribution < -0.4 is 10.4 Å². The molecule has 0 aliphatic heterocycles. The van der Waals surface area contributed by atoms with Crippen molar-refractivity contribution in [1.82, 2.24) is 4.98 Å². The molecule has 16 heavy (non-hydrogen) atoms. The summed E-state index contributed by atoms with van der Waals surface area (Å²) in [7, 11) is 0. The molecular weight excluding hydrogens is 194 g/mol. The fourth-order valence-corrected chi connectivity index (χ4v) is 1.64. The van der Waals surface area contributed by atoms with Crippen LogP contribution in [0.15, 0.2) is 30.5 Å². The highest BCUT2D eigenvalue weighted by atomic mass is 14.7. The van der Waals surface area contributed by atoms with E-state index in [0.29, 0.717) is 0 Å². The van der Waals surface area contributed by atoms with Crippen molar-refractivity contribution in [2.45, 2.75) is 27.7 Å². The highest BCUT2D eigenvalue weighted by Gasteiger charge is 1.97. The summed E-state index contributed by atoms with van der Waals surface area (Å²) in [5.74, 6) is 0. The van der Waals surface area contributed by atoms with Crippen molar-refractivity contribution in [2.75, 3.05) is 0 Å². The fourth-order valence-electron chi connectivity index (χ4n) is 1.64. The van der Waals surface area contributed by atoms with Crippen molar-refractivity contribution in [3.05, 3.63) is 46.6 Å². The quantitative estimate of drug-likeness (QED) is 0.688. The van der Waals surface area contributed by atoms with Gasteiger partial charge in [0, 0.05) is 6.20 Å². The van der Waals surface area contributed by atoms with Crippen molar-refractivity contribution >= 4 is 17.7 Å². The molecule has 0 saturated carbocycles. The Kier molecular flexibility index (Phi) is 4.71. The van der Waals surface area contributed by atoms with Gasteiger partial charge < -0.3 is 0 Å². The molecular formula is C15H19N. The molecule has 0 spiro atoms. The molecule has 0 aliphatic rings. The maximum absolute atomic E-state index is 4.48. The van der Waals surface area contributed by atoms with E-state index in [4.69, 9.17) is 0 Å². The van der Waals surface area contributed by atoms with Gasteiger partial charge in [0.1, 0.15) is 0 Å². The van der Waals surface area contributed by atoms with E-state index in [-0.39, 0.29) is 0 Å². The van der Waals surface area contributed by atoms with Crippen molar-refractivity contribution in [2.24, 2.45) is 0 Å². The minimum atomic E-state index is 1.03. The summed E-state index contributed by atoms with van der Waals surface area (Å²) < 4.78 is 0. The molecule has 0 fully saturated rings. The molecule has 0 N–H and O–H groups in total. The van der Waals surface area contributed by atoms with Gasteiger partial charge in [-0.25, -0.2) is 0 Å². The van der Waals surface area contributed by atoms with Crippen LogP contribution in [-0.4, -0.2) is 4.98 Å². The van der Waals surface area contributed by atoms with Gasteiger partial charge in [0.15, 0.2) is 0 Å². The molecule has 1 heteroatoms. The summed E-state index contributed by atoms with van der Waals surface area (Å²) in [6.07, 6.45) is 12.3. The minimum absolute atomic E-state index is 1.03. The van der Waals surface area contributed by atoms with Gasteiger partial charge in [-0.05, 0) is 49.8 Å². The van der Waals surface area contributed by atoms with E-state index >= 15 is 0 Å². The Labute approximate surface area is 97.5 Å². The molecule has 0 atom stereocenters. The van der Waals surface area contributed by atoms with Crippen molar-refractivity contribution in [3.63, 3.8) is 0 Å². The number of allylic oxidation sites excluding steroid dienone is 4. The molecule has 1 heterocycles. The molecule has 84 valence electrons. The number of hydrogen-bond acceptors (Lipinski definition) is 1. The molecule has 0 aliphatic carbocycles. The lowest BCUT2D eigenvalue weighted by molar-refractivity contribution is 1.23. The summed E-state index contributed by atoms with van der Waals surface area (Å²) in [5.41, 5.74) is 2.19. The maximum Gasteiger partial charge on any atom is 0.0704 e. The van der Waals surface area contributed by atoms with Crippen LogP contribution in [-0.2, 0) is 0 Å². The Morgan fingerprint density at radius 1 is 1.06 bits per heavy atom. The van der Waals surface area contributed by atoms with Crippen molar-refractivity contribution in [1.29, 1.82) is 0 Å². The van der Waals surface area contributed by atoms with Gasteiger partial charge in [-0.3, -0.25) is 4.98 Å². The summed E-state index contributed by atoms with van der Waals surface area (Å²) >= 11 is 0. The Morgan fingerprint density at radius 2 is 1.75 bits per heavy atom. The zero-order valence-electron chi connectivity index (χ0n) is 10.5. The van der Waals surface area contributed by atoms with Gasteiger partial charge in [-0.15, -0.1) is 0 Å². The first-order chi connectivity index (χ1) is 7.76. The molecule has 0 amide bonds. The topological polar surface area (TPSA) is 12.9 Å². The summed E-state index contributed by atoms with van der Waals surface area (Å²) in [6, 6.07) is 2.13. The summed E-state index contributed by atoms with van der Waals surface area (Å²) in [6.45, 7) is 8.14. The standard InChI is InChI=1S/C15H19N/c1-5-9-12(6-2)15-10-13(7-3)14(8-4)11-16-15/h5-11H,1-4H3/b9-5-,12-6+,13-7-,14-8-. The first kappa shape index (κ1) is 12.4. The van der Waals surface area contributed by atoms with Crippen LogP contribution in [0.5, 0.6) is 0 Å². The Morgan fingerprint density at radius 3 is 2.25 bits per heavy atom. The second-order valence-electron chi connectivity index (χ2n) is 3.52. The molecule has 1 aromatic rings. The second-order valence-corrected chi connectivity index (χ2v) is 3.52. The minimum Gasteiger partial charge on any atom is -0.256 e. The number of rotatable bonds is 2. The zero-order chi connectivity index (χ0) is 12.0. The number of nitrogens with zero attached hydrogens (tertiary/aromatic N) is 1. The van der Waals surface area contributed by atoms with Crippen LogP contribution >= 0.6 is 0 Å². The van der Waals surface area contributed by atoms with Gasteiger partial charge >= 0.3 is 0 Å². The first-order valence-corrected chi connectivity index (χ1v) is 5.65. The predicted octanol–water partition coefficient (Wildman–Crippen LogP) is 2.66. The van der Waals surface area contributed by atoms with Crippen LogP contribution in [0, 0.1) is 0 Å². The van der Waals surface area contributed by atoms with Gasteiger partial charge in [0.05, 0.1) is 5.69 Å². The molecule has 0 saturated heterocycles. The fraction of sp³-hybridized carbons (Fsp3) is 0.267. The molecule has 1 rings (SSSR count). The third kappa shape index (κ3) is 2.69. The van der Waals surface area contributed by atoms with E-state index < -0.39 is 0 Å². The Hall–Kier alpha value is -1.63. The van der Waals surface area contributed by atoms with E-state index in [0.717, 1.165) is 11.3 Å². The van der Waals surface area contributed by atoms with E-state index in [9.17, 15) is 0 Å². The van der Waals surface area contributed by atoms with Crippen LogP contribution in [0.1, 0.15) is 33.4 Å². The predicted molar refractivity (Wildman–Crippen MR) is 72.2 cm³/mol. The summed E-state index contributed by atoms with van der Waals surface area (Å²) in [5, 5.41) is 2.42. The highest BCUT2D eigenvalue weighted by Crippen LogP contribution is 2.09. The van der Waals surface area contributed by atoms with Gasteiger partial charge in [0.25, 0.3) is 0 Å². The molecule has 0 radical (unpaired) electrons. The normalized spacial score (nSPS) is 15.1. The van der Waals surface area contributed by atoms with Gasteiger partial charge in [0.2, 0.25) is 0 Å². The lowest BCUT2D eigenvalue weighted by Crippen LogP contribution is -2.25. The third-order valence-corrected chi connectivity index (χ3v) is 2.54. The number of pyridine rings is 1. The van der Waals surface area contributed by atoms with Crippen LogP contribution in [0.25, 0.3) is 17.7 Å². The smallest absolute Gasteiger partial charge is 0.0704 e. The third-order valence-electron chi connectivity index (χ3n) is 2.54. The zero-order valence-corrected chi connectivity index (χ0v) is 10.5. The molecule has 1 aromatic heterocycles. The van der Waals surface area contributed by atoms with E-state index in [1.807, 2.05) is 33.0 Å². The molecule has 0 unspecified atom stereocenters. The second kappa shape index (κ2) is 6.06. The van der Waals surface area contributed by atoms with Gasteiger partial charge in [-0.1, -0.05) is 30.4 Å². The molecule has 0 bridgehead atoms. The van der Waals surface area contributed by atoms with E-state index in [1.54, 1.807) is 0 Å². The Balaban J connectivity index is 3.40. The number of aromatic nitrogens is 1. The molecule has 0 aromatic carbocycles. The van der Waals surface area contributed by atoms with Crippen molar-refractivity contribution < 1.29 is 0 Å².